The zero-order chi connectivity index (χ0) is 19.0. The van der Waals surface area contributed by atoms with Crippen LogP contribution in [0, 0.1) is 0 Å². The summed E-state index contributed by atoms with van der Waals surface area (Å²) in [5.41, 5.74) is 0. The van der Waals surface area contributed by atoms with E-state index in [-0.39, 0.29) is 29.6 Å². The number of aliphatic hydroxyl groups excluding tert-OH is 1. The first-order valence-corrected chi connectivity index (χ1v) is 12.0. The van der Waals surface area contributed by atoms with Gasteiger partial charge in [0.15, 0.2) is 0 Å². The Kier molecular flexibility index (Phi) is 21.5. The average Bonchev–Trinajstić information content (AvgIpc) is 2.55. The van der Waals surface area contributed by atoms with Crippen LogP contribution in [-0.4, -0.2) is 29.4 Å². The van der Waals surface area contributed by atoms with Gasteiger partial charge in [-0.1, -0.05) is 90.9 Å². The number of rotatable bonds is 18. The van der Waals surface area contributed by atoms with Crippen LogP contribution in [0.25, 0.3) is 0 Å². The molecular weight excluding hydrogens is 359 g/mol. The summed E-state index contributed by atoms with van der Waals surface area (Å²) in [6.45, 7) is 4.28. The molecule has 0 aromatic carbocycles. The first-order valence-electron chi connectivity index (χ1n) is 10.5. The van der Waals surface area contributed by atoms with Gasteiger partial charge >= 0.3 is 29.6 Å². The van der Waals surface area contributed by atoms with Crippen molar-refractivity contribution >= 4 is 10.1 Å². The minimum atomic E-state index is -4.24. The van der Waals surface area contributed by atoms with E-state index in [2.05, 4.69) is 13.8 Å². The standard InChI is InChI=1S/C20H42O4S.Na/c1-3-5-7-8-9-10-11-12-14-15-19(21)17-18-20(25(22,23)24)16-13-6-4-2;/h19-21H,3-18H2,1-2H3,(H,22,23,24);/q;+1/p-1. The monoisotopic (exact) mass is 400 g/mol. The largest absolute Gasteiger partial charge is 1.00 e. The molecule has 0 heterocycles. The summed E-state index contributed by atoms with van der Waals surface area (Å²) in [5, 5.41) is 9.22. The third-order valence-electron chi connectivity index (χ3n) is 5.00. The zero-order valence-corrected chi connectivity index (χ0v) is 20.4. The Hall–Kier alpha value is 0.870. The fourth-order valence-corrected chi connectivity index (χ4v) is 4.15. The molecule has 0 spiro atoms. The van der Waals surface area contributed by atoms with E-state index >= 15 is 0 Å². The van der Waals surface area contributed by atoms with E-state index in [0.29, 0.717) is 19.3 Å². The van der Waals surface area contributed by atoms with Crippen molar-refractivity contribution in [3.05, 3.63) is 0 Å². The van der Waals surface area contributed by atoms with Crippen LogP contribution in [0.1, 0.15) is 117 Å². The van der Waals surface area contributed by atoms with Gasteiger partial charge in [0, 0.05) is 5.25 Å². The smallest absolute Gasteiger partial charge is 0.748 e. The molecule has 0 saturated heterocycles. The van der Waals surface area contributed by atoms with Gasteiger partial charge < -0.3 is 9.66 Å². The Bertz CT molecular complexity index is 387. The fraction of sp³-hybridized carbons (Fsp3) is 1.00. The molecule has 26 heavy (non-hydrogen) atoms. The Labute approximate surface area is 185 Å². The average molecular weight is 401 g/mol. The molecular formula is C20H41NaO4S. The van der Waals surface area contributed by atoms with Gasteiger partial charge in [0.05, 0.1) is 16.2 Å². The van der Waals surface area contributed by atoms with Crippen molar-refractivity contribution < 1.29 is 47.6 Å². The van der Waals surface area contributed by atoms with Crippen LogP contribution >= 0.6 is 0 Å². The summed E-state index contributed by atoms with van der Waals surface area (Å²) in [4.78, 5) is 0. The molecule has 0 aromatic heterocycles. The van der Waals surface area contributed by atoms with Gasteiger partial charge in [-0.3, -0.25) is 0 Å². The predicted molar refractivity (Wildman–Crippen MR) is 105 cm³/mol. The van der Waals surface area contributed by atoms with Crippen molar-refractivity contribution in [3.63, 3.8) is 0 Å². The topological polar surface area (TPSA) is 77.4 Å². The normalized spacial score (nSPS) is 14.0. The quantitative estimate of drug-likeness (QED) is 0.218. The minimum Gasteiger partial charge on any atom is -0.748 e. The van der Waals surface area contributed by atoms with Gasteiger partial charge in [0.2, 0.25) is 0 Å². The van der Waals surface area contributed by atoms with Gasteiger partial charge in [-0.05, 0) is 25.7 Å². The van der Waals surface area contributed by atoms with E-state index in [0.717, 1.165) is 38.5 Å². The second-order valence-corrected chi connectivity index (χ2v) is 9.11. The van der Waals surface area contributed by atoms with Crippen LogP contribution in [0.15, 0.2) is 0 Å². The van der Waals surface area contributed by atoms with Crippen LogP contribution in [0.4, 0.5) is 0 Å². The molecule has 0 aliphatic heterocycles. The van der Waals surface area contributed by atoms with Crippen LogP contribution in [0.2, 0.25) is 0 Å². The summed E-state index contributed by atoms with van der Waals surface area (Å²) in [6.07, 6.45) is 15.4. The van der Waals surface area contributed by atoms with Crippen LogP contribution in [0.3, 0.4) is 0 Å². The summed E-state index contributed by atoms with van der Waals surface area (Å²) in [6, 6.07) is 0. The van der Waals surface area contributed by atoms with Gasteiger partial charge in [-0.15, -0.1) is 0 Å². The molecule has 0 bridgehead atoms. The molecule has 1 N–H and O–H groups in total. The molecule has 4 nitrogen and oxygen atoms in total. The maximum atomic E-state index is 11.3. The fourth-order valence-electron chi connectivity index (χ4n) is 3.27. The molecule has 0 radical (unpaired) electrons. The zero-order valence-electron chi connectivity index (χ0n) is 17.5. The summed E-state index contributed by atoms with van der Waals surface area (Å²) < 4.78 is 34.0. The van der Waals surface area contributed by atoms with Crippen molar-refractivity contribution in [1.29, 1.82) is 0 Å². The molecule has 0 aromatic rings. The van der Waals surface area contributed by atoms with E-state index in [1.165, 1.54) is 44.9 Å². The van der Waals surface area contributed by atoms with Gasteiger partial charge in [0.25, 0.3) is 0 Å². The van der Waals surface area contributed by atoms with E-state index in [1.54, 1.807) is 0 Å². The number of hydrogen-bond acceptors (Lipinski definition) is 4. The maximum Gasteiger partial charge on any atom is 1.00 e. The molecule has 2 unspecified atom stereocenters. The number of unbranched alkanes of at least 4 members (excludes halogenated alkanes) is 10. The van der Waals surface area contributed by atoms with Crippen LogP contribution < -0.4 is 29.6 Å². The molecule has 0 aliphatic rings. The van der Waals surface area contributed by atoms with Crippen molar-refractivity contribution in [2.45, 2.75) is 128 Å². The van der Waals surface area contributed by atoms with Crippen molar-refractivity contribution in [3.8, 4) is 0 Å². The SMILES string of the molecule is CCCCCCCCCCCC(O)CCC(CCCCC)S(=O)(=O)[O-].[Na+]. The Balaban J connectivity index is 0. The summed E-state index contributed by atoms with van der Waals surface area (Å²) in [7, 11) is -4.24. The van der Waals surface area contributed by atoms with E-state index in [4.69, 9.17) is 0 Å². The Morgan fingerprint density at radius 3 is 1.62 bits per heavy atom. The van der Waals surface area contributed by atoms with Gasteiger partial charge in [-0.25, -0.2) is 8.42 Å². The van der Waals surface area contributed by atoms with Crippen LogP contribution in [0.5, 0.6) is 0 Å². The molecule has 0 fully saturated rings. The second-order valence-electron chi connectivity index (χ2n) is 7.46. The molecule has 0 amide bonds. The van der Waals surface area contributed by atoms with Crippen LogP contribution in [-0.2, 0) is 10.1 Å². The number of hydrogen-bond donors (Lipinski definition) is 1. The predicted octanol–water partition coefficient (Wildman–Crippen LogP) is 2.55. The van der Waals surface area contributed by atoms with Gasteiger partial charge in [-0.2, -0.15) is 0 Å². The molecule has 0 aliphatic carbocycles. The molecule has 6 heteroatoms. The number of aliphatic hydroxyl groups is 1. The molecule has 2 atom stereocenters. The van der Waals surface area contributed by atoms with Crippen molar-refractivity contribution in [2.75, 3.05) is 0 Å². The summed E-state index contributed by atoms with van der Waals surface area (Å²) >= 11 is 0. The third kappa shape index (κ3) is 18.2. The van der Waals surface area contributed by atoms with Crippen molar-refractivity contribution in [2.24, 2.45) is 0 Å². The Morgan fingerprint density at radius 1 is 0.692 bits per heavy atom. The second kappa shape index (κ2) is 19.2. The molecule has 152 valence electrons. The van der Waals surface area contributed by atoms with E-state index < -0.39 is 21.5 Å². The summed E-state index contributed by atoms with van der Waals surface area (Å²) in [5.74, 6) is 0. The first kappa shape index (κ1) is 29.1. The maximum absolute atomic E-state index is 11.3. The molecule has 0 saturated carbocycles. The van der Waals surface area contributed by atoms with Gasteiger partial charge in [0.1, 0.15) is 0 Å². The first-order chi connectivity index (χ1) is 11.9. The van der Waals surface area contributed by atoms with E-state index in [9.17, 15) is 18.1 Å². The van der Waals surface area contributed by atoms with E-state index in [1.807, 2.05) is 0 Å². The third-order valence-corrected chi connectivity index (χ3v) is 6.29. The van der Waals surface area contributed by atoms with Crippen molar-refractivity contribution in [1.82, 2.24) is 0 Å². The Morgan fingerprint density at radius 2 is 1.12 bits per heavy atom. The minimum absolute atomic E-state index is 0. The molecule has 0 rings (SSSR count).